The molecule has 0 amide bonds. The molecule has 0 aliphatic heterocycles. The smallest absolute Gasteiger partial charge is 0.126 e. The second kappa shape index (κ2) is 4.58. The number of hydrogen-bond acceptors (Lipinski definition) is 1. The molecule has 0 heterocycles. The summed E-state index contributed by atoms with van der Waals surface area (Å²) in [6.07, 6.45) is 0. The average Bonchev–Trinajstić information content (AvgIpc) is 2.09. The second-order valence-corrected chi connectivity index (χ2v) is 3.38. The Labute approximate surface area is 82.9 Å². The van der Waals surface area contributed by atoms with Crippen LogP contribution >= 0.6 is 11.6 Å². The maximum atomic E-state index is 13.1. The molecule has 1 nitrogen and oxygen atoms in total. The molecule has 1 N–H and O–H groups in total. The highest BCUT2D eigenvalue weighted by atomic mass is 35.5. The van der Waals surface area contributed by atoms with Crippen LogP contribution in [0.15, 0.2) is 12.1 Å². The zero-order valence-corrected chi connectivity index (χ0v) is 8.58. The fraction of sp³-hybridized carbons (Fsp3) is 0.400. The average molecular weight is 202 g/mol. The highest BCUT2D eigenvalue weighted by Gasteiger charge is 2.04. The summed E-state index contributed by atoms with van der Waals surface area (Å²) in [5, 5.41) is 3.73. The van der Waals surface area contributed by atoms with Gasteiger partial charge in [0.1, 0.15) is 5.82 Å². The number of hydrogen-bond donors (Lipinski definition) is 1. The van der Waals surface area contributed by atoms with Gasteiger partial charge in [0.25, 0.3) is 0 Å². The van der Waals surface area contributed by atoms with Gasteiger partial charge in [-0.1, -0.05) is 18.5 Å². The van der Waals surface area contributed by atoms with E-state index in [1.165, 1.54) is 6.07 Å². The van der Waals surface area contributed by atoms with Gasteiger partial charge in [0.15, 0.2) is 0 Å². The van der Waals surface area contributed by atoms with Gasteiger partial charge in [0.2, 0.25) is 0 Å². The molecule has 3 heteroatoms. The first-order valence-corrected chi connectivity index (χ1v) is 4.68. The molecule has 0 aromatic heterocycles. The topological polar surface area (TPSA) is 12.0 Å². The van der Waals surface area contributed by atoms with Gasteiger partial charge < -0.3 is 5.32 Å². The predicted molar refractivity (Wildman–Crippen MR) is 53.5 cm³/mol. The van der Waals surface area contributed by atoms with E-state index in [-0.39, 0.29) is 5.82 Å². The molecule has 0 bridgehead atoms. The van der Waals surface area contributed by atoms with Crippen LogP contribution in [0.25, 0.3) is 0 Å². The van der Waals surface area contributed by atoms with E-state index >= 15 is 0 Å². The Morgan fingerprint density at radius 3 is 2.77 bits per heavy atom. The third kappa shape index (κ3) is 2.68. The molecule has 1 rings (SSSR count). The van der Waals surface area contributed by atoms with E-state index in [1.807, 2.05) is 6.92 Å². The molecule has 1 aromatic carbocycles. The predicted octanol–water partition coefficient (Wildman–Crippen LogP) is 2.90. The van der Waals surface area contributed by atoms with Crippen molar-refractivity contribution in [1.82, 2.24) is 5.32 Å². The van der Waals surface area contributed by atoms with Crippen LogP contribution in [-0.4, -0.2) is 6.54 Å². The maximum absolute atomic E-state index is 13.1. The summed E-state index contributed by atoms with van der Waals surface area (Å²) in [7, 11) is 0. The van der Waals surface area contributed by atoms with Gasteiger partial charge in [-0.15, -0.1) is 0 Å². The molecule has 0 fully saturated rings. The van der Waals surface area contributed by atoms with E-state index in [9.17, 15) is 4.39 Å². The van der Waals surface area contributed by atoms with Crippen molar-refractivity contribution in [2.45, 2.75) is 20.4 Å². The van der Waals surface area contributed by atoms with Gasteiger partial charge in [-0.25, -0.2) is 4.39 Å². The molecule has 0 saturated carbocycles. The summed E-state index contributed by atoms with van der Waals surface area (Å²) < 4.78 is 13.1. The molecule has 72 valence electrons. The third-order valence-electron chi connectivity index (χ3n) is 1.89. The highest BCUT2D eigenvalue weighted by Crippen LogP contribution is 2.20. The van der Waals surface area contributed by atoms with Crippen molar-refractivity contribution in [3.05, 3.63) is 34.1 Å². The zero-order chi connectivity index (χ0) is 9.84. The molecular weight excluding hydrogens is 189 g/mol. The van der Waals surface area contributed by atoms with Crippen LogP contribution < -0.4 is 5.32 Å². The van der Waals surface area contributed by atoms with E-state index in [0.717, 1.165) is 12.1 Å². The van der Waals surface area contributed by atoms with Crippen LogP contribution in [0.3, 0.4) is 0 Å². The number of aryl methyl sites for hydroxylation is 1. The summed E-state index contributed by atoms with van der Waals surface area (Å²) in [5.41, 5.74) is 1.40. The minimum absolute atomic E-state index is 0.197. The fourth-order valence-corrected chi connectivity index (χ4v) is 1.37. The van der Waals surface area contributed by atoms with Gasteiger partial charge in [0, 0.05) is 11.6 Å². The monoisotopic (exact) mass is 201 g/mol. The van der Waals surface area contributed by atoms with E-state index in [4.69, 9.17) is 11.6 Å². The van der Waals surface area contributed by atoms with Crippen molar-refractivity contribution in [3.8, 4) is 0 Å². The molecule has 0 atom stereocenters. The first-order valence-electron chi connectivity index (χ1n) is 4.30. The van der Waals surface area contributed by atoms with Crippen LogP contribution in [0.4, 0.5) is 4.39 Å². The fourth-order valence-electron chi connectivity index (χ4n) is 1.08. The lowest BCUT2D eigenvalue weighted by molar-refractivity contribution is 0.613. The first-order chi connectivity index (χ1) is 6.15. The Hall–Kier alpha value is -0.600. The Morgan fingerprint density at radius 2 is 2.15 bits per heavy atom. The van der Waals surface area contributed by atoms with Gasteiger partial charge in [-0.05, 0) is 36.7 Å². The van der Waals surface area contributed by atoms with E-state index < -0.39 is 0 Å². The molecule has 0 radical (unpaired) electrons. The molecule has 1 aromatic rings. The SMILES string of the molecule is CCNCc1cc(F)c(C)cc1Cl. The van der Waals surface area contributed by atoms with Crippen LogP contribution in [0, 0.1) is 12.7 Å². The third-order valence-corrected chi connectivity index (χ3v) is 2.24. The Balaban J connectivity index is 2.88. The molecule has 0 saturated heterocycles. The second-order valence-electron chi connectivity index (χ2n) is 2.97. The van der Waals surface area contributed by atoms with E-state index in [2.05, 4.69) is 5.32 Å². The summed E-state index contributed by atoms with van der Waals surface area (Å²) >= 11 is 5.93. The molecule has 13 heavy (non-hydrogen) atoms. The lowest BCUT2D eigenvalue weighted by atomic mass is 10.1. The summed E-state index contributed by atoms with van der Waals surface area (Å²) in [4.78, 5) is 0. The largest absolute Gasteiger partial charge is 0.313 e. The number of halogens is 2. The van der Waals surface area contributed by atoms with Crippen molar-refractivity contribution in [2.75, 3.05) is 6.54 Å². The number of benzene rings is 1. The van der Waals surface area contributed by atoms with Crippen molar-refractivity contribution in [3.63, 3.8) is 0 Å². The molecular formula is C10H13ClFN. The maximum Gasteiger partial charge on any atom is 0.126 e. The minimum atomic E-state index is -0.197. The minimum Gasteiger partial charge on any atom is -0.313 e. The van der Waals surface area contributed by atoms with Crippen molar-refractivity contribution >= 4 is 11.6 Å². The summed E-state index contributed by atoms with van der Waals surface area (Å²) in [6.45, 7) is 5.18. The summed E-state index contributed by atoms with van der Waals surface area (Å²) in [5.74, 6) is -0.197. The summed E-state index contributed by atoms with van der Waals surface area (Å²) in [6, 6.07) is 3.14. The molecule has 0 aliphatic rings. The van der Waals surface area contributed by atoms with Crippen molar-refractivity contribution in [1.29, 1.82) is 0 Å². The first kappa shape index (κ1) is 10.5. The number of nitrogens with one attached hydrogen (secondary N) is 1. The molecule has 0 unspecified atom stereocenters. The standard InChI is InChI=1S/C10H13ClFN/c1-3-13-6-8-5-10(12)7(2)4-9(8)11/h4-5,13H,3,6H2,1-2H3. The lowest BCUT2D eigenvalue weighted by Crippen LogP contribution is -2.12. The van der Waals surface area contributed by atoms with Crippen molar-refractivity contribution in [2.24, 2.45) is 0 Å². The highest BCUT2D eigenvalue weighted by molar-refractivity contribution is 6.31. The van der Waals surface area contributed by atoms with Crippen LogP contribution in [0.2, 0.25) is 5.02 Å². The Morgan fingerprint density at radius 1 is 1.46 bits per heavy atom. The van der Waals surface area contributed by atoms with E-state index in [1.54, 1.807) is 13.0 Å². The molecule has 0 aliphatic carbocycles. The number of rotatable bonds is 3. The van der Waals surface area contributed by atoms with Gasteiger partial charge in [-0.2, -0.15) is 0 Å². The van der Waals surface area contributed by atoms with Gasteiger partial charge >= 0.3 is 0 Å². The zero-order valence-electron chi connectivity index (χ0n) is 7.82. The quantitative estimate of drug-likeness (QED) is 0.793. The van der Waals surface area contributed by atoms with Crippen LogP contribution in [0.5, 0.6) is 0 Å². The van der Waals surface area contributed by atoms with Crippen molar-refractivity contribution < 1.29 is 4.39 Å². The van der Waals surface area contributed by atoms with Gasteiger partial charge in [-0.3, -0.25) is 0 Å². The molecule has 0 spiro atoms. The van der Waals surface area contributed by atoms with Crippen LogP contribution in [-0.2, 0) is 6.54 Å². The Kier molecular flexibility index (Phi) is 3.70. The van der Waals surface area contributed by atoms with E-state index in [0.29, 0.717) is 17.1 Å². The lowest BCUT2D eigenvalue weighted by Gasteiger charge is -2.06. The van der Waals surface area contributed by atoms with Gasteiger partial charge in [0.05, 0.1) is 0 Å². The Bertz CT molecular complexity index is 299. The normalized spacial score (nSPS) is 10.5. The van der Waals surface area contributed by atoms with Crippen LogP contribution in [0.1, 0.15) is 18.1 Å².